The van der Waals surface area contributed by atoms with Gasteiger partial charge in [0.25, 0.3) is 0 Å². The van der Waals surface area contributed by atoms with Crippen LogP contribution in [0, 0.1) is 0 Å². The Morgan fingerprint density at radius 3 is 2.58 bits per heavy atom. The van der Waals surface area contributed by atoms with Gasteiger partial charge in [0, 0.05) is 13.1 Å². The fourth-order valence-corrected chi connectivity index (χ4v) is 2.91. The maximum atomic E-state index is 11.6. The highest BCUT2D eigenvalue weighted by Gasteiger charge is 2.24. The molecule has 3 rings (SSSR count). The minimum absolute atomic E-state index is 0.108. The Kier molecular flexibility index (Phi) is 4.71. The molecule has 2 aromatic rings. The number of aromatic nitrogens is 3. The van der Waals surface area contributed by atoms with Crippen LogP contribution in [0.3, 0.4) is 0 Å². The maximum Gasteiger partial charge on any atom is 0.232 e. The molecular formula is C17H20N4O3. The zero-order valence-corrected chi connectivity index (χ0v) is 14.0. The van der Waals surface area contributed by atoms with Gasteiger partial charge in [-0.25, -0.2) is 9.97 Å². The number of hydrogen-bond donors (Lipinski definition) is 0. The summed E-state index contributed by atoms with van der Waals surface area (Å²) in [6.45, 7) is 5.50. The predicted octanol–water partition coefficient (Wildman–Crippen LogP) is 1.97. The Morgan fingerprint density at radius 1 is 1.17 bits per heavy atom. The number of aldehydes is 1. The van der Waals surface area contributed by atoms with Gasteiger partial charge in [0.15, 0.2) is 6.29 Å². The summed E-state index contributed by atoms with van der Waals surface area (Å²) in [5, 5.41) is 0. The van der Waals surface area contributed by atoms with Crippen LogP contribution in [-0.4, -0.2) is 53.6 Å². The molecule has 1 fully saturated rings. The fraction of sp³-hybridized carbons (Fsp3) is 0.412. The molecule has 0 amide bonds. The number of ether oxygens (including phenoxy) is 2. The van der Waals surface area contributed by atoms with E-state index in [0.717, 1.165) is 25.1 Å². The second kappa shape index (κ2) is 6.92. The average molecular weight is 328 g/mol. The summed E-state index contributed by atoms with van der Waals surface area (Å²) in [5.41, 5.74) is 2.35. The number of morpholine rings is 1. The molecule has 7 nitrogen and oxygen atoms in total. The van der Waals surface area contributed by atoms with E-state index in [4.69, 9.17) is 9.47 Å². The van der Waals surface area contributed by atoms with Gasteiger partial charge in [0.1, 0.15) is 11.4 Å². The summed E-state index contributed by atoms with van der Waals surface area (Å²) in [7, 11) is 1.53. The van der Waals surface area contributed by atoms with Gasteiger partial charge in [0.05, 0.1) is 43.1 Å². The van der Waals surface area contributed by atoms with E-state index in [1.54, 1.807) is 6.20 Å². The monoisotopic (exact) mass is 328 g/mol. The Bertz CT molecular complexity index is 728. The first kappa shape index (κ1) is 16.3. The lowest BCUT2D eigenvalue weighted by Gasteiger charge is -2.37. The summed E-state index contributed by atoms with van der Waals surface area (Å²) >= 11 is 0. The Balaban J connectivity index is 1.94. The van der Waals surface area contributed by atoms with Crippen molar-refractivity contribution in [3.05, 3.63) is 30.2 Å². The van der Waals surface area contributed by atoms with E-state index in [1.165, 1.54) is 13.3 Å². The molecule has 0 aliphatic carbocycles. The van der Waals surface area contributed by atoms with E-state index < -0.39 is 0 Å². The molecule has 0 aromatic carbocycles. The molecule has 0 unspecified atom stereocenters. The van der Waals surface area contributed by atoms with Gasteiger partial charge in [-0.1, -0.05) is 0 Å². The highest BCUT2D eigenvalue weighted by Crippen LogP contribution is 2.26. The average Bonchev–Trinajstić information content (AvgIpc) is 2.60. The van der Waals surface area contributed by atoms with Crippen LogP contribution in [0.4, 0.5) is 5.69 Å². The highest BCUT2D eigenvalue weighted by atomic mass is 16.5. The molecule has 0 bridgehead atoms. The Labute approximate surface area is 140 Å². The lowest BCUT2D eigenvalue weighted by molar-refractivity contribution is -0.00527. The van der Waals surface area contributed by atoms with Crippen LogP contribution < -0.4 is 9.64 Å². The van der Waals surface area contributed by atoms with Gasteiger partial charge in [-0.2, -0.15) is 0 Å². The number of nitrogens with zero attached hydrogens (tertiary/aromatic N) is 4. The van der Waals surface area contributed by atoms with Gasteiger partial charge in [0.2, 0.25) is 5.88 Å². The summed E-state index contributed by atoms with van der Waals surface area (Å²) < 4.78 is 10.8. The summed E-state index contributed by atoms with van der Waals surface area (Å²) in [6.07, 6.45) is 4.11. The largest absolute Gasteiger partial charge is 0.480 e. The molecule has 0 radical (unpaired) electrons. The quantitative estimate of drug-likeness (QED) is 0.794. The normalized spacial score (nSPS) is 20.7. The van der Waals surface area contributed by atoms with Crippen molar-refractivity contribution in [2.24, 2.45) is 0 Å². The van der Waals surface area contributed by atoms with Crippen LogP contribution in [0.5, 0.6) is 5.88 Å². The van der Waals surface area contributed by atoms with E-state index in [0.29, 0.717) is 23.0 Å². The van der Waals surface area contributed by atoms with Crippen molar-refractivity contribution in [3.8, 4) is 17.3 Å². The van der Waals surface area contributed by atoms with Crippen molar-refractivity contribution in [1.29, 1.82) is 0 Å². The smallest absolute Gasteiger partial charge is 0.232 e. The molecule has 1 aliphatic rings. The van der Waals surface area contributed by atoms with Crippen LogP contribution in [0.25, 0.3) is 11.4 Å². The molecule has 0 spiro atoms. The van der Waals surface area contributed by atoms with Gasteiger partial charge >= 0.3 is 0 Å². The number of carbonyl (C=O) groups excluding carboxylic acids is 1. The SMILES string of the molecule is COc1cncc(-c2ccc(N3C[C@@H](C)O[C@@H](C)C3)c(C=O)n2)n1. The van der Waals surface area contributed by atoms with E-state index in [1.807, 2.05) is 26.0 Å². The molecule has 0 N–H and O–H groups in total. The maximum absolute atomic E-state index is 11.6. The summed E-state index contributed by atoms with van der Waals surface area (Å²) in [6, 6.07) is 3.74. The summed E-state index contributed by atoms with van der Waals surface area (Å²) in [4.78, 5) is 26.5. The predicted molar refractivity (Wildman–Crippen MR) is 89.4 cm³/mol. The zero-order valence-electron chi connectivity index (χ0n) is 14.0. The first-order valence-electron chi connectivity index (χ1n) is 7.83. The van der Waals surface area contributed by atoms with Crippen molar-refractivity contribution in [1.82, 2.24) is 15.0 Å². The molecule has 126 valence electrons. The van der Waals surface area contributed by atoms with Crippen molar-refractivity contribution in [2.75, 3.05) is 25.1 Å². The molecule has 3 heterocycles. The minimum Gasteiger partial charge on any atom is -0.480 e. The van der Waals surface area contributed by atoms with Crippen LogP contribution in [-0.2, 0) is 4.74 Å². The highest BCUT2D eigenvalue weighted by molar-refractivity contribution is 5.83. The third-order valence-electron chi connectivity index (χ3n) is 3.86. The molecule has 2 atom stereocenters. The second-order valence-corrected chi connectivity index (χ2v) is 5.83. The van der Waals surface area contributed by atoms with E-state index in [9.17, 15) is 4.79 Å². The van der Waals surface area contributed by atoms with E-state index in [-0.39, 0.29) is 12.2 Å². The Hall–Kier alpha value is -2.54. The van der Waals surface area contributed by atoms with Crippen LogP contribution in [0.1, 0.15) is 24.3 Å². The molecule has 7 heteroatoms. The molecule has 1 saturated heterocycles. The fourth-order valence-electron chi connectivity index (χ4n) is 2.91. The van der Waals surface area contributed by atoms with Crippen molar-refractivity contribution in [3.63, 3.8) is 0 Å². The molecule has 0 saturated carbocycles. The van der Waals surface area contributed by atoms with Gasteiger partial charge in [-0.3, -0.25) is 9.78 Å². The number of hydrogen-bond acceptors (Lipinski definition) is 7. The Morgan fingerprint density at radius 2 is 1.92 bits per heavy atom. The van der Waals surface area contributed by atoms with Crippen molar-refractivity contribution >= 4 is 12.0 Å². The van der Waals surface area contributed by atoms with E-state index in [2.05, 4.69) is 19.9 Å². The van der Waals surface area contributed by atoms with Crippen LogP contribution in [0.2, 0.25) is 0 Å². The molecule has 1 aliphatic heterocycles. The van der Waals surface area contributed by atoms with Crippen molar-refractivity contribution < 1.29 is 14.3 Å². The number of pyridine rings is 1. The lowest BCUT2D eigenvalue weighted by atomic mass is 10.1. The standard InChI is InChI=1S/C17H20N4O3/c1-11-8-21(9-12(2)24-11)16-5-4-13(19-15(16)10-22)14-6-18-7-17(20-14)23-3/h4-7,10-12H,8-9H2,1-3H3/t11-,12+. The van der Waals surface area contributed by atoms with Gasteiger partial charge in [-0.15, -0.1) is 0 Å². The minimum atomic E-state index is 0.108. The topological polar surface area (TPSA) is 77.4 Å². The molecular weight excluding hydrogens is 308 g/mol. The lowest BCUT2D eigenvalue weighted by Crippen LogP contribution is -2.45. The third kappa shape index (κ3) is 3.35. The first-order valence-corrected chi connectivity index (χ1v) is 7.83. The van der Waals surface area contributed by atoms with Crippen LogP contribution >= 0.6 is 0 Å². The third-order valence-corrected chi connectivity index (χ3v) is 3.86. The first-order chi connectivity index (χ1) is 11.6. The number of rotatable bonds is 4. The number of methoxy groups -OCH3 is 1. The van der Waals surface area contributed by atoms with Gasteiger partial charge < -0.3 is 14.4 Å². The van der Waals surface area contributed by atoms with Gasteiger partial charge in [-0.05, 0) is 26.0 Å². The second-order valence-electron chi connectivity index (χ2n) is 5.83. The summed E-state index contributed by atoms with van der Waals surface area (Å²) in [5.74, 6) is 0.404. The number of anilines is 1. The van der Waals surface area contributed by atoms with Crippen molar-refractivity contribution in [2.45, 2.75) is 26.1 Å². The molecule has 2 aromatic heterocycles. The molecule has 24 heavy (non-hydrogen) atoms. The van der Waals surface area contributed by atoms with Crippen LogP contribution in [0.15, 0.2) is 24.5 Å². The van der Waals surface area contributed by atoms with E-state index >= 15 is 0 Å². The zero-order chi connectivity index (χ0) is 17.1. The number of carbonyl (C=O) groups is 1.